The Hall–Kier alpha value is -0.580. The molecule has 0 amide bonds. The number of aryl methyl sites for hydroxylation is 1. The maximum absolute atomic E-state index is 11.5. The first-order valence-corrected chi connectivity index (χ1v) is 10.7. The van der Waals surface area contributed by atoms with Crippen LogP contribution in [0.4, 0.5) is 0 Å². The fraction of sp³-hybridized carbons (Fsp3) is 0.667. The fourth-order valence-corrected chi connectivity index (χ4v) is 3.55. The number of rotatable bonds is 13. The van der Waals surface area contributed by atoms with Crippen molar-refractivity contribution in [1.29, 1.82) is 0 Å². The highest BCUT2D eigenvalue weighted by atomic mass is 35.5. The Labute approximate surface area is 147 Å². The van der Waals surface area contributed by atoms with Crippen LogP contribution in [0.2, 0.25) is 0 Å². The monoisotopic (exact) mass is 359 g/mol. The molecule has 0 aliphatic rings. The molecule has 0 spiro atoms. The molecule has 132 valence electrons. The van der Waals surface area contributed by atoms with Crippen LogP contribution in [0.25, 0.3) is 0 Å². The molecule has 3 nitrogen and oxygen atoms in total. The quantitative estimate of drug-likeness (QED) is 0.369. The number of halogens is 1. The maximum Gasteiger partial charge on any atom is 0.253 e. The van der Waals surface area contributed by atoms with Crippen molar-refractivity contribution in [2.45, 2.75) is 82.4 Å². The summed E-state index contributed by atoms with van der Waals surface area (Å²) in [5, 5.41) is 0. The molecule has 23 heavy (non-hydrogen) atoms. The predicted molar refractivity (Wildman–Crippen MR) is 98.2 cm³/mol. The van der Waals surface area contributed by atoms with Gasteiger partial charge in [0.15, 0.2) is 0 Å². The molecule has 5 heteroatoms. The summed E-state index contributed by atoms with van der Waals surface area (Å²) in [6.07, 6.45) is 14.3. The molecule has 0 radical (unpaired) electrons. The Balaban J connectivity index is 2.10. The van der Waals surface area contributed by atoms with Gasteiger partial charge in [0, 0.05) is 0 Å². The normalized spacial score (nSPS) is 11.7. The SMILES string of the molecule is CCCCCCCCCCCCc1ccc(S(=O)(=O)NCl)cc1. The Bertz CT molecular complexity index is 514. The number of unbranched alkanes of at least 4 members (excludes halogenated alkanes) is 9. The van der Waals surface area contributed by atoms with Crippen LogP contribution < -0.4 is 4.24 Å². The van der Waals surface area contributed by atoms with Crippen molar-refractivity contribution in [2.24, 2.45) is 0 Å². The summed E-state index contributed by atoms with van der Waals surface area (Å²) in [5.74, 6) is 0. The Morgan fingerprint density at radius 2 is 1.30 bits per heavy atom. The summed E-state index contributed by atoms with van der Waals surface area (Å²) in [4.78, 5) is 0.208. The molecule has 1 aromatic rings. The van der Waals surface area contributed by atoms with Gasteiger partial charge in [-0.2, -0.15) is 0 Å². The molecule has 1 aromatic carbocycles. The highest BCUT2D eigenvalue weighted by molar-refractivity contribution is 7.90. The number of nitrogens with one attached hydrogen (secondary N) is 1. The third-order valence-corrected chi connectivity index (χ3v) is 5.86. The van der Waals surface area contributed by atoms with Crippen molar-refractivity contribution in [3.05, 3.63) is 29.8 Å². The molecule has 0 heterocycles. The summed E-state index contributed by atoms with van der Waals surface area (Å²) in [6, 6.07) is 6.95. The molecule has 0 saturated heterocycles. The van der Waals surface area contributed by atoms with Crippen LogP contribution in [0.15, 0.2) is 29.2 Å². The van der Waals surface area contributed by atoms with Gasteiger partial charge in [-0.15, -0.1) is 4.24 Å². The van der Waals surface area contributed by atoms with Gasteiger partial charge in [-0.3, -0.25) is 0 Å². The smallest absolute Gasteiger partial charge is 0.206 e. The van der Waals surface area contributed by atoms with Gasteiger partial charge in [0.1, 0.15) is 0 Å². The molecule has 0 aliphatic heterocycles. The first-order chi connectivity index (χ1) is 11.1. The summed E-state index contributed by atoms with van der Waals surface area (Å²) < 4.78 is 24.8. The molecular weight excluding hydrogens is 330 g/mol. The van der Waals surface area contributed by atoms with Crippen molar-refractivity contribution in [1.82, 2.24) is 4.24 Å². The van der Waals surface area contributed by atoms with E-state index in [1.807, 2.05) is 16.4 Å². The van der Waals surface area contributed by atoms with E-state index in [0.717, 1.165) is 12.8 Å². The van der Waals surface area contributed by atoms with E-state index in [4.69, 9.17) is 11.8 Å². The molecule has 0 saturated carbocycles. The van der Waals surface area contributed by atoms with Crippen molar-refractivity contribution >= 4 is 21.8 Å². The molecular formula is C18H30ClNO2S. The van der Waals surface area contributed by atoms with Gasteiger partial charge in [0.25, 0.3) is 10.0 Å². The zero-order chi connectivity index (χ0) is 17.0. The summed E-state index contributed by atoms with van der Waals surface area (Å²) in [5.41, 5.74) is 1.18. The Kier molecular flexibility index (Phi) is 10.6. The van der Waals surface area contributed by atoms with Gasteiger partial charge in [0.2, 0.25) is 0 Å². The van der Waals surface area contributed by atoms with Crippen molar-refractivity contribution in [3.8, 4) is 0 Å². The standard InChI is InChI=1S/C18H30ClNO2S/c1-2-3-4-5-6-7-8-9-10-11-12-17-13-15-18(16-14-17)23(21,22)20-19/h13-16,20H,2-12H2,1H3. The summed E-state index contributed by atoms with van der Waals surface area (Å²) in [6.45, 7) is 2.25. The van der Waals surface area contributed by atoms with E-state index in [2.05, 4.69) is 6.92 Å². The van der Waals surface area contributed by atoms with Crippen molar-refractivity contribution in [2.75, 3.05) is 0 Å². The van der Waals surface area contributed by atoms with Gasteiger partial charge < -0.3 is 0 Å². The molecule has 1 N–H and O–H groups in total. The zero-order valence-corrected chi connectivity index (χ0v) is 15.8. The van der Waals surface area contributed by atoms with Gasteiger partial charge in [0.05, 0.1) is 4.90 Å². The minimum absolute atomic E-state index is 0.208. The van der Waals surface area contributed by atoms with Crippen LogP contribution in [0.5, 0.6) is 0 Å². The zero-order valence-electron chi connectivity index (χ0n) is 14.2. The van der Waals surface area contributed by atoms with Gasteiger partial charge >= 0.3 is 0 Å². The molecule has 0 aliphatic carbocycles. The van der Waals surface area contributed by atoms with Crippen molar-refractivity contribution in [3.63, 3.8) is 0 Å². The first-order valence-electron chi connectivity index (χ1n) is 8.81. The van der Waals surface area contributed by atoms with Crippen LogP contribution in [0.1, 0.15) is 76.7 Å². The van der Waals surface area contributed by atoms with Crippen LogP contribution in [-0.4, -0.2) is 8.42 Å². The summed E-state index contributed by atoms with van der Waals surface area (Å²) in [7, 11) is -3.54. The molecule has 0 unspecified atom stereocenters. The second kappa shape index (κ2) is 11.9. The molecule has 0 fully saturated rings. The number of hydrogen-bond acceptors (Lipinski definition) is 2. The van der Waals surface area contributed by atoms with Crippen LogP contribution in [-0.2, 0) is 16.4 Å². The minimum atomic E-state index is -3.54. The largest absolute Gasteiger partial charge is 0.253 e. The van der Waals surface area contributed by atoms with E-state index in [0.29, 0.717) is 0 Å². The lowest BCUT2D eigenvalue weighted by Crippen LogP contribution is -2.13. The highest BCUT2D eigenvalue weighted by Gasteiger charge is 2.11. The number of benzene rings is 1. The molecule has 1 rings (SSSR count). The average molecular weight is 360 g/mol. The van der Waals surface area contributed by atoms with E-state index in [-0.39, 0.29) is 4.90 Å². The molecule has 0 bridgehead atoms. The van der Waals surface area contributed by atoms with E-state index >= 15 is 0 Å². The topological polar surface area (TPSA) is 46.2 Å². The second-order valence-corrected chi connectivity index (χ2v) is 8.25. The van der Waals surface area contributed by atoms with Gasteiger partial charge in [-0.05, 0) is 42.3 Å². The molecule has 0 aromatic heterocycles. The number of sulfonamides is 1. The lowest BCUT2D eigenvalue weighted by molar-refractivity contribution is 0.556. The van der Waals surface area contributed by atoms with E-state index in [1.165, 1.54) is 63.4 Å². The fourth-order valence-electron chi connectivity index (χ4n) is 2.70. The van der Waals surface area contributed by atoms with Crippen LogP contribution in [0.3, 0.4) is 0 Å². The minimum Gasteiger partial charge on any atom is -0.206 e. The van der Waals surface area contributed by atoms with Gasteiger partial charge in [-0.1, -0.05) is 76.8 Å². The first kappa shape index (κ1) is 20.5. The maximum atomic E-state index is 11.5. The second-order valence-electron chi connectivity index (χ2n) is 6.16. The highest BCUT2D eigenvalue weighted by Crippen LogP contribution is 2.15. The van der Waals surface area contributed by atoms with Crippen molar-refractivity contribution < 1.29 is 8.42 Å². The van der Waals surface area contributed by atoms with Gasteiger partial charge in [-0.25, -0.2) is 8.42 Å². The Morgan fingerprint density at radius 3 is 1.78 bits per heavy atom. The number of hydrogen-bond donors (Lipinski definition) is 1. The Morgan fingerprint density at radius 1 is 0.826 bits per heavy atom. The third kappa shape index (κ3) is 8.73. The average Bonchev–Trinajstić information content (AvgIpc) is 2.57. The molecule has 0 atom stereocenters. The van der Waals surface area contributed by atoms with E-state index in [1.54, 1.807) is 12.1 Å². The summed E-state index contributed by atoms with van der Waals surface area (Å²) >= 11 is 5.21. The lowest BCUT2D eigenvalue weighted by Gasteiger charge is -2.05. The third-order valence-electron chi connectivity index (χ3n) is 4.15. The van der Waals surface area contributed by atoms with E-state index < -0.39 is 10.0 Å². The van der Waals surface area contributed by atoms with E-state index in [9.17, 15) is 8.42 Å². The van der Waals surface area contributed by atoms with Crippen LogP contribution in [0, 0.1) is 0 Å². The lowest BCUT2D eigenvalue weighted by atomic mass is 10.0. The van der Waals surface area contributed by atoms with Crippen LogP contribution >= 0.6 is 11.8 Å². The predicted octanol–water partition coefficient (Wildman–Crippen LogP) is 5.58.